The van der Waals surface area contributed by atoms with E-state index >= 15 is 0 Å². The van der Waals surface area contributed by atoms with Gasteiger partial charge in [0.1, 0.15) is 0 Å². The summed E-state index contributed by atoms with van der Waals surface area (Å²) in [7, 11) is 0. The number of rotatable bonds is 4. The fourth-order valence-electron chi connectivity index (χ4n) is 4.19. The van der Waals surface area contributed by atoms with Gasteiger partial charge in [-0.05, 0) is 43.6 Å². The van der Waals surface area contributed by atoms with E-state index in [9.17, 15) is 5.11 Å². The molecule has 0 bridgehead atoms. The molecule has 2 unspecified atom stereocenters. The first-order valence-electron chi connectivity index (χ1n) is 8.13. The van der Waals surface area contributed by atoms with Crippen molar-refractivity contribution in [3.05, 3.63) is 35.9 Å². The number of aliphatic hydroxyl groups is 1. The van der Waals surface area contributed by atoms with E-state index in [2.05, 4.69) is 36.5 Å². The van der Waals surface area contributed by atoms with Crippen LogP contribution in [-0.4, -0.2) is 17.8 Å². The lowest BCUT2D eigenvalue weighted by molar-refractivity contribution is -0.00453. The van der Waals surface area contributed by atoms with Gasteiger partial charge in [-0.3, -0.25) is 0 Å². The van der Waals surface area contributed by atoms with E-state index in [1.54, 1.807) is 0 Å². The lowest BCUT2D eigenvalue weighted by atomic mass is 9.57. The molecule has 2 N–H and O–H groups in total. The average Bonchev–Trinajstić information content (AvgIpc) is 2.53. The minimum absolute atomic E-state index is 0.156. The fraction of sp³-hybridized carbons (Fsp3) is 0.667. The minimum atomic E-state index is -0.309. The highest BCUT2D eigenvalue weighted by molar-refractivity contribution is 5.24. The van der Waals surface area contributed by atoms with Crippen molar-refractivity contribution in [2.75, 3.05) is 6.61 Å². The van der Waals surface area contributed by atoms with Gasteiger partial charge >= 0.3 is 0 Å². The van der Waals surface area contributed by atoms with Gasteiger partial charge < -0.3 is 10.4 Å². The van der Waals surface area contributed by atoms with E-state index in [4.69, 9.17) is 0 Å². The topological polar surface area (TPSA) is 32.3 Å². The molecular weight excluding hydrogens is 246 g/mol. The van der Waals surface area contributed by atoms with E-state index in [1.165, 1.54) is 50.5 Å². The summed E-state index contributed by atoms with van der Waals surface area (Å²) >= 11 is 0. The number of hydrogen-bond acceptors (Lipinski definition) is 2. The van der Waals surface area contributed by atoms with Crippen LogP contribution in [0.1, 0.15) is 57.4 Å². The highest BCUT2D eigenvalue weighted by Crippen LogP contribution is 2.52. The van der Waals surface area contributed by atoms with Gasteiger partial charge in [0, 0.05) is 6.04 Å². The molecule has 0 aromatic heterocycles. The Morgan fingerprint density at radius 1 is 1.15 bits per heavy atom. The third-order valence-electron chi connectivity index (χ3n) is 5.74. The third-order valence-corrected chi connectivity index (χ3v) is 5.74. The van der Waals surface area contributed by atoms with E-state index in [-0.39, 0.29) is 12.1 Å². The zero-order chi connectivity index (χ0) is 14.1. The molecule has 1 aromatic rings. The summed E-state index contributed by atoms with van der Waals surface area (Å²) in [5.41, 5.74) is 1.42. The molecule has 2 heteroatoms. The molecule has 2 saturated carbocycles. The largest absolute Gasteiger partial charge is 0.394 e. The Morgan fingerprint density at radius 2 is 1.85 bits per heavy atom. The Bertz CT molecular complexity index is 438. The normalized spacial score (nSPS) is 27.8. The molecule has 0 saturated heterocycles. The Balaban J connectivity index is 1.75. The van der Waals surface area contributed by atoms with Crippen LogP contribution in [0, 0.1) is 5.41 Å². The van der Waals surface area contributed by atoms with Crippen LogP contribution in [0.2, 0.25) is 0 Å². The van der Waals surface area contributed by atoms with Crippen molar-refractivity contribution >= 4 is 0 Å². The maximum absolute atomic E-state index is 9.93. The van der Waals surface area contributed by atoms with Crippen molar-refractivity contribution in [2.24, 2.45) is 5.41 Å². The van der Waals surface area contributed by atoms with Gasteiger partial charge in [0.2, 0.25) is 0 Å². The van der Waals surface area contributed by atoms with Crippen LogP contribution in [0.5, 0.6) is 0 Å². The van der Waals surface area contributed by atoms with Crippen LogP contribution >= 0.6 is 0 Å². The van der Waals surface area contributed by atoms with Crippen LogP contribution in [0.15, 0.2) is 30.3 Å². The van der Waals surface area contributed by atoms with Crippen molar-refractivity contribution in [2.45, 2.75) is 63.5 Å². The molecule has 0 heterocycles. The van der Waals surface area contributed by atoms with Crippen molar-refractivity contribution in [1.82, 2.24) is 5.32 Å². The highest BCUT2D eigenvalue weighted by atomic mass is 16.3. The van der Waals surface area contributed by atoms with E-state index in [1.807, 2.05) is 6.07 Å². The van der Waals surface area contributed by atoms with Crippen molar-refractivity contribution in [1.29, 1.82) is 0 Å². The van der Waals surface area contributed by atoms with E-state index in [0.717, 1.165) is 0 Å². The van der Waals surface area contributed by atoms with Gasteiger partial charge in [0.05, 0.1) is 12.1 Å². The second-order valence-electron chi connectivity index (χ2n) is 7.01. The molecule has 1 aromatic carbocycles. The zero-order valence-corrected chi connectivity index (χ0v) is 12.6. The average molecular weight is 273 g/mol. The third kappa shape index (κ3) is 2.40. The van der Waals surface area contributed by atoms with Crippen molar-refractivity contribution in [3.63, 3.8) is 0 Å². The molecule has 2 fully saturated rings. The summed E-state index contributed by atoms with van der Waals surface area (Å²) in [6.07, 6.45) is 9.58. The molecule has 2 aliphatic rings. The molecule has 0 radical (unpaired) electrons. The quantitative estimate of drug-likeness (QED) is 0.878. The lowest BCUT2D eigenvalue weighted by Crippen LogP contribution is -2.60. The van der Waals surface area contributed by atoms with Gasteiger partial charge in [-0.15, -0.1) is 0 Å². The van der Waals surface area contributed by atoms with Gasteiger partial charge in [-0.1, -0.05) is 49.6 Å². The SMILES string of the molecule is CC(CO)(NC1CCC12CCCCC2)c1ccccc1. The number of hydrogen-bond donors (Lipinski definition) is 2. The van der Waals surface area contributed by atoms with E-state index in [0.29, 0.717) is 11.5 Å². The summed E-state index contributed by atoms with van der Waals surface area (Å²) < 4.78 is 0. The molecule has 0 amide bonds. The monoisotopic (exact) mass is 273 g/mol. The molecule has 110 valence electrons. The predicted molar refractivity (Wildman–Crippen MR) is 82.6 cm³/mol. The lowest BCUT2D eigenvalue weighted by Gasteiger charge is -2.55. The van der Waals surface area contributed by atoms with Gasteiger partial charge in [-0.25, -0.2) is 0 Å². The summed E-state index contributed by atoms with van der Waals surface area (Å²) in [6.45, 7) is 2.29. The molecule has 0 aliphatic heterocycles. The first-order valence-corrected chi connectivity index (χ1v) is 8.13. The molecular formula is C18H27NO. The Morgan fingerprint density at radius 3 is 2.40 bits per heavy atom. The Kier molecular flexibility index (Phi) is 3.87. The van der Waals surface area contributed by atoms with Gasteiger partial charge in [-0.2, -0.15) is 0 Å². The summed E-state index contributed by atoms with van der Waals surface area (Å²) in [4.78, 5) is 0. The van der Waals surface area contributed by atoms with Crippen molar-refractivity contribution in [3.8, 4) is 0 Å². The smallest absolute Gasteiger partial charge is 0.0652 e. The van der Waals surface area contributed by atoms with Gasteiger partial charge in [0.15, 0.2) is 0 Å². The molecule has 2 aliphatic carbocycles. The number of benzene rings is 1. The standard InChI is InChI=1S/C18H27NO/c1-17(14-20,15-8-4-2-5-9-15)19-16-10-13-18(16)11-6-3-7-12-18/h2,4-5,8-9,16,19-20H,3,6-7,10-14H2,1H3. The van der Waals surface area contributed by atoms with Crippen LogP contribution in [0.25, 0.3) is 0 Å². The zero-order valence-electron chi connectivity index (χ0n) is 12.6. The minimum Gasteiger partial charge on any atom is -0.394 e. The number of aliphatic hydroxyl groups excluding tert-OH is 1. The predicted octanol–water partition coefficient (Wildman–Crippen LogP) is 3.60. The Labute approximate surface area is 122 Å². The van der Waals surface area contributed by atoms with Crippen LogP contribution in [0.4, 0.5) is 0 Å². The Hall–Kier alpha value is -0.860. The van der Waals surface area contributed by atoms with E-state index < -0.39 is 0 Å². The second-order valence-corrected chi connectivity index (χ2v) is 7.01. The summed E-state index contributed by atoms with van der Waals surface area (Å²) in [5, 5.41) is 13.7. The highest BCUT2D eigenvalue weighted by Gasteiger charge is 2.48. The van der Waals surface area contributed by atoms with Crippen LogP contribution in [0.3, 0.4) is 0 Å². The fourth-order valence-corrected chi connectivity index (χ4v) is 4.19. The van der Waals surface area contributed by atoms with Crippen LogP contribution in [-0.2, 0) is 5.54 Å². The van der Waals surface area contributed by atoms with Crippen molar-refractivity contribution < 1.29 is 5.11 Å². The summed E-state index contributed by atoms with van der Waals surface area (Å²) in [5.74, 6) is 0. The molecule has 3 rings (SSSR count). The molecule has 1 spiro atoms. The molecule has 2 nitrogen and oxygen atoms in total. The van der Waals surface area contributed by atoms with Crippen LogP contribution < -0.4 is 5.32 Å². The maximum Gasteiger partial charge on any atom is 0.0652 e. The van der Waals surface area contributed by atoms with Gasteiger partial charge in [0.25, 0.3) is 0 Å². The number of nitrogens with one attached hydrogen (secondary N) is 1. The summed E-state index contributed by atoms with van der Waals surface area (Å²) in [6, 6.07) is 11.0. The molecule has 2 atom stereocenters. The maximum atomic E-state index is 9.93. The second kappa shape index (κ2) is 5.50. The first kappa shape index (κ1) is 14.1. The molecule has 20 heavy (non-hydrogen) atoms. The first-order chi connectivity index (χ1) is 9.69.